The van der Waals surface area contributed by atoms with Crippen molar-refractivity contribution < 1.29 is 0 Å². The zero-order valence-electron chi connectivity index (χ0n) is 12.3. The van der Waals surface area contributed by atoms with Gasteiger partial charge in [0, 0.05) is 23.4 Å². The lowest BCUT2D eigenvalue weighted by atomic mass is 9.92. The van der Waals surface area contributed by atoms with Gasteiger partial charge in [-0.2, -0.15) is 0 Å². The standard InChI is InChI=1S/C15H26N2S/c1-14(2,3)12-10-18-13(17-12)9-16-11-6-7-15(4,5)8-11/h10-11,16H,6-9H2,1-5H3. The van der Waals surface area contributed by atoms with Crippen LogP contribution in [0.3, 0.4) is 0 Å². The van der Waals surface area contributed by atoms with Gasteiger partial charge in [0.25, 0.3) is 0 Å². The number of nitrogens with zero attached hydrogens (tertiary/aromatic N) is 1. The van der Waals surface area contributed by atoms with E-state index in [1.807, 2.05) is 0 Å². The van der Waals surface area contributed by atoms with Gasteiger partial charge in [0.15, 0.2) is 0 Å². The molecule has 1 aliphatic carbocycles. The van der Waals surface area contributed by atoms with Crippen LogP contribution in [-0.2, 0) is 12.0 Å². The SMILES string of the molecule is CC1(C)CCC(NCc2nc(C(C)(C)C)cs2)C1. The fourth-order valence-corrected chi connectivity index (χ4v) is 3.55. The Kier molecular flexibility index (Phi) is 3.84. The molecule has 1 N–H and O–H groups in total. The lowest BCUT2D eigenvalue weighted by Crippen LogP contribution is -2.26. The summed E-state index contributed by atoms with van der Waals surface area (Å²) in [6, 6.07) is 0.682. The molecular formula is C15H26N2S. The maximum atomic E-state index is 4.73. The van der Waals surface area contributed by atoms with Gasteiger partial charge in [-0.05, 0) is 24.7 Å². The molecule has 1 fully saturated rings. The Bertz CT molecular complexity index is 401. The predicted molar refractivity (Wildman–Crippen MR) is 79.1 cm³/mol. The van der Waals surface area contributed by atoms with Gasteiger partial charge in [-0.1, -0.05) is 34.6 Å². The molecule has 2 rings (SSSR count). The van der Waals surface area contributed by atoms with Crippen LogP contribution in [0.4, 0.5) is 0 Å². The van der Waals surface area contributed by atoms with E-state index in [9.17, 15) is 0 Å². The highest BCUT2D eigenvalue weighted by atomic mass is 32.1. The summed E-state index contributed by atoms with van der Waals surface area (Å²) in [5.41, 5.74) is 1.91. The molecule has 0 bridgehead atoms. The zero-order valence-corrected chi connectivity index (χ0v) is 13.2. The molecule has 18 heavy (non-hydrogen) atoms. The minimum absolute atomic E-state index is 0.171. The van der Waals surface area contributed by atoms with E-state index in [0.717, 1.165) is 6.54 Å². The molecule has 1 aromatic heterocycles. The van der Waals surface area contributed by atoms with Crippen LogP contribution >= 0.6 is 11.3 Å². The van der Waals surface area contributed by atoms with Crippen LogP contribution in [0.2, 0.25) is 0 Å². The summed E-state index contributed by atoms with van der Waals surface area (Å²) in [5.74, 6) is 0. The van der Waals surface area contributed by atoms with Crippen LogP contribution in [0.25, 0.3) is 0 Å². The van der Waals surface area contributed by atoms with Crippen molar-refractivity contribution in [1.82, 2.24) is 10.3 Å². The predicted octanol–water partition coefficient (Wildman–Crippen LogP) is 4.11. The number of hydrogen-bond acceptors (Lipinski definition) is 3. The van der Waals surface area contributed by atoms with Gasteiger partial charge >= 0.3 is 0 Å². The molecular weight excluding hydrogens is 240 g/mol. The Hall–Kier alpha value is -0.410. The summed E-state index contributed by atoms with van der Waals surface area (Å²) in [6.07, 6.45) is 3.95. The van der Waals surface area contributed by atoms with Crippen LogP contribution < -0.4 is 5.32 Å². The van der Waals surface area contributed by atoms with E-state index in [2.05, 4.69) is 45.3 Å². The third-order valence-corrected chi connectivity index (χ3v) is 4.68. The molecule has 0 amide bonds. The molecule has 1 heterocycles. The third-order valence-electron chi connectivity index (χ3n) is 3.83. The zero-order chi connectivity index (χ0) is 13.4. The Labute approximate surface area is 115 Å². The topological polar surface area (TPSA) is 24.9 Å². The summed E-state index contributed by atoms with van der Waals surface area (Å²) < 4.78 is 0. The number of nitrogens with one attached hydrogen (secondary N) is 1. The smallest absolute Gasteiger partial charge is 0.107 e. The summed E-state index contributed by atoms with van der Waals surface area (Å²) >= 11 is 1.79. The average Bonchev–Trinajstić information content (AvgIpc) is 2.80. The molecule has 1 aromatic rings. The lowest BCUT2D eigenvalue weighted by molar-refractivity contribution is 0.364. The largest absolute Gasteiger partial charge is 0.308 e. The van der Waals surface area contributed by atoms with Gasteiger partial charge in [0.05, 0.1) is 5.69 Å². The highest BCUT2D eigenvalue weighted by Gasteiger charge is 2.30. The van der Waals surface area contributed by atoms with Gasteiger partial charge in [0.2, 0.25) is 0 Å². The van der Waals surface area contributed by atoms with Crippen molar-refractivity contribution in [2.75, 3.05) is 0 Å². The maximum absolute atomic E-state index is 4.73. The molecule has 1 aliphatic rings. The normalized spacial score (nSPS) is 23.5. The van der Waals surface area contributed by atoms with Gasteiger partial charge in [-0.3, -0.25) is 0 Å². The molecule has 1 unspecified atom stereocenters. The molecule has 0 radical (unpaired) electrons. The van der Waals surface area contributed by atoms with Crippen molar-refractivity contribution in [2.45, 2.75) is 71.9 Å². The van der Waals surface area contributed by atoms with E-state index >= 15 is 0 Å². The van der Waals surface area contributed by atoms with E-state index in [1.54, 1.807) is 11.3 Å². The second-order valence-corrected chi connectivity index (χ2v) is 8.30. The first kappa shape index (κ1) is 14.0. The summed E-state index contributed by atoms with van der Waals surface area (Å²) in [6.45, 7) is 12.3. The quantitative estimate of drug-likeness (QED) is 0.890. The highest BCUT2D eigenvalue weighted by molar-refractivity contribution is 7.09. The Morgan fingerprint density at radius 1 is 1.44 bits per heavy atom. The fraction of sp³-hybridized carbons (Fsp3) is 0.800. The molecule has 0 saturated heterocycles. The van der Waals surface area contributed by atoms with E-state index in [4.69, 9.17) is 4.98 Å². The van der Waals surface area contributed by atoms with Gasteiger partial charge in [-0.25, -0.2) is 4.98 Å². The second-order valence-electron chi connectivity index (χ2n) is 7.36. The first-order chi connectivity index (χ1) is 8.26. The summed E-state index contributed by atoms with van der Waals surface area (Å²) in [7, 11) is 0. The van der Waals surface area contributed by atoms with Crippen LogP contribution in [-0.4, -0.2) is 11.0 Å². The van der Waals surface area contributed by atoms with E-state index < -0.39 is 0 Å². The van der Waals surface area contributed by atoms with Gasteiger partial charge < -0.3 is 5.32 Å². The van der Waals surface area contributed by atoms with E-state index in [1.165, 1.54) is 30.0 Å². The Morgan fingerprint density at radius 2 is 2.17 bits per heavy atom. The van der Waals surface area contributed by atoms with Gasteiger partial charge in [0.1, 0.15) is 5.01 Å². The highest BCUT2D eigenvalue weighted by Crippen LogP contribution is 2.37. The molecule has 0 aromatic carbocycles. The van der Waals surface area contributed by atoms with E-state index in [-0.39, 0.29) is 5.41 Å². The van der Waals surface area contributed by atoms with Crippen molar-refractivity contribution in [3.63, 3.8) is 0 Å². The Morgan fingerprint density at radius 3 is 2.67 bits per heavy atom. The molecule has 0 spiro atoms. The van der Waals surface area contributed by atoms with Gasteiger partial charge in [-0.15, -0.1) is 11.3 Å². The Balaban J connectivity index is 1.86. The molecule has 1 atom stereocenters. The molecule has 102 valence electrons. The number of thiazole rings is 1. The third kappa shape index (κ3) is 3.55. The average molecular weight is 266 g/mol. The van der Waals surface area contributed by atoms with Crippen LogP contribution in [0.15, 0.2) is 5.38 Å². The van der Waals surface area contributed by atoms with Crippen molar-refractivity contribution in [1.29, 1.82) is 0 Å². The minimum atomic E-state index is 0.171. The second kappa shape index (κ2) is 4.93. The number of aromatic nitrogens is 1. The maximum Gasteiger partial charge on any atom is 0.107 e. The number of rotatable bonds is 3. The minimum Gasteiger partial charge on any atom is -0.308 e. The first-order valence-corrected chi connectivity index (χ1v) is 7.82. The van der Waals surface area contributed by atoms with Crippen molar-refractivity contribution in [3.05, 3.63) is 16.1 Å². The molecule has 2 nitrogen and oxygen atoms in total. The summed E-state index contributed by atoms with van der Waals surface area (Å²) in [5, 5.41) is 7.10. The monoisotopic (exact) mass is 266 g/mol. The van der Waals surface area contributed by atoms with Crippen molar-refractivity contribution in [3.8, 4) is 0 Å². The molecule has 3 heteroatoms. The number of hydrogen-bond donors (Lipinski definition) is 1. The van der Waals surface area contributed by atoms with Crippen LogP contribution in [0.5, 0.6) is 0 Å². The first-order valence-electron chi connectivity index (χ1n) is 6.95. The van der Waals surface area contributed by atoms with Crippen molar-refractivity contribution in [2.24, 2.45) is 5.41 Å². The summed E-state index contributed by atoms with van der Waals surface area (Å²) in [4.78, 5) is 4.73. The molecule has 1 saturated carbocycles. The lowest BCUT2D eigenvalue weighted by Gasteiger charge is -2.17. The molecule has 0 aliphatic heterocycles. The van der Waals surface area contributed by atoms with Crippen LogP contribution in [0, 0.1) is 5.41 Å². The van der Waals surface area contributed by atoms with Crippen LogP contribution in [0.1, 0.15) is 64.6 Å². The fourth-order valence-electron chi connectivity index (χ4n) is 2.58. The van der Waals surface area contributed by atoms with E-state index in [0.29, 0.717) is 11.5 Å². The van der Waals surface area contributed by atoms with Crippen molar-refractivity contribution >= 4 is 11.3 Å².